The molecule has 0 bridgehead atoms. The number of hydrogen-bond donors (Lipinski definition) is 16. The molecular weight excluding hydrogens is 983 g/mol. The Morgan fingerprint density at radius 1 is 0.487 bits per heavy atom. The molecule has 0 aromatic heterocycles. The lowest BCUT2D eigenvalue weighted by Gasteiger charge is -2.28. The third-order valence-electron chi connectivity index (χ3n) is 11.3. The first kappa shape index (κ1) is 64.3. The second kappa shape index (κ2) is 36.2. The average Bonchev–Trinajstić information content (AvgIpc) is 3.36. The van der Waals surface area contributed by atoms with E-state index in [4.69, 9.17) is 56.3 Å². The van der Waals surface area contributed by atoms with Gasteiger partial charge >= 0.3 is 0 Å². The molecule has 0 aliphatic carbocycles. The monoisotopic (exact) mass is 1070 g/mol. The molecule has 76 heavy (non-hydrogen) atoms. The van der Waals surface area contributed by atoms with E-state index in [9.17, 15) is 33.9 Å². The number of aliphatic hydroxyl groups is 1. The number of nitrogens with two attached hydrogens (primary N) is 9. The highest BCUT2D eigenvalue weighted by Gasteiger charge is 2.33. The van der Waals surface area contributed by atoms with Crippen molar-refractivity contribution in [3.8, 4) is 0 Å². The topological polar surface area (TPSA) is 488 Å². The Bertz CT molecular complexity index is 2200. The fraction of sp³-hybridized carbons (Fsp3) is 0.551. The van der Waals surface area contributed by atoms with Gasteiger partial charge in [-0.05, 0) is 74.8 Å². The summed E-state index contributed by atoms with van der Waals surface area (Å²) in [6.07, 6.45) is 0.981. The van der Waals surface area contributed by atoms with Crippen LogP contribution in [-0.2, 0) is 46.5 Å². The maximum Gasteiger partial charge on any atom is 0.243 e. The van der Waals surface area contributed by atoms with Gasteiger partial charge in [-0.15, -0.1) is 0 Å². The van der Waals surface area contributed by atoms with Crippen molar-refractivity contribution in [3.05, 3.63) is 71.8 Å². The normalized spacial score (nSPS) is 13.6. The van der Waals surface area contributed by atoms with Crippen molar-refractivity contribution in [3.63, 3.8) is 0 Å². The number of nitrogens with zero attached hydrogens (tertiary/aromatic N) is 4. The molecule has 0 spiro atoms. The predicted octanol–water partition coefficient (Wildman–Crippen LogP) is -4.07. The molecule has 27 nitrogen and oxygen atoms in total. The summed E-state index contributed by atoms with van der Waals surface area (Å²) in [6, 6.07) is 9.95. The lowest BCUT2D eigenvalue weighted by molar-refractivity contribution is -0.135. The number of rotatable bonds is 37. The molecule has 0 aliphatic rings. The van der Waals surface area contributed by atoms with Crippen molar-refractivity contribution in [2.75, 3.05) is 39.4 Å². The number of ether oxygens (including phenoxy) is 1. The van der Waals surface area contributed by atoms with Crippen LogP contribution in [0.15, 0.2) is 80.6 Å². The van der Waals surface area contributed by atoms with Crippen LogP contribution in [0.1, 0.15) is 82.8 Å². The first-order chi connectivity index (χ1) is 36.2. The van der Waals surface area contributed by atoms with Gasteiger partial charge in [0, 0.05) is 32.6 Å². The highest BCUT2D eigenvalue weighted by atomic mass is 16.5. The number of benzene rings is 2. The minimum atomic E-state index is -1.37. The van der Waals surface area contributed by atoms with Gasteiger partial charge in [-0.25, -0.2) is 0 Å². The van der Waals surface area contributed by atoms with Gasteiger partial charge in [-0.1, -0.05) is 74.5 Å². The van der Waals surface area contributed by atoms with Crippen molar-refractivity contribution in [2.45, 2.75) is 127 Å². The van der Waals surface area contributed by atoms with Crippen LogP contribution in [0.25, 0.3) is 0 Å². The van der Waals surface area contributed by atoms with E-state index in [2.05, 4.69) is 51.9 Å². The molecule has 2 rings (SSSR count). The van der Waals surface area contributed by atoms with Crippen LogP contribution in [0.3, 0.4) is 0 Å². The van der Waals surface area contributed by atoms with E-state index < -0.39 is 84.3 Å². The number of aliphatic imine (C=N–C) groups is 4. The molecular formula is C49H83N19O8. The molecule has 2 aromatic rings. The molecule has 6 amide bonds. The Balaban J connectivity index is 2.52. The minimum absolute atomic E-state index is 0.0153. The van der Waals surface area contributed by atoms with Gasteiger partial charge < -0.3 is 93.3 Å². The molecule has 0 radical (unpaired) electrons. The van der Waals surface area contributed by atoms with Crippen LogP contribution in [-0.4, -0.2) is 146 Å². The molecule has 0 unspecified atom stereocenters. The van der Waals surface area contributed by atoms with E-state index in [0.29, 0.717) is 12.0 Å². The van der Waals surface area contributed by atoms with E-state index in [1.807, 2.05) is 44.2 Å². The standard InChI is InChI=1S/C49H83N19O8/c1-30(2)25-34(50)40(70)64-35(17-9-21-59-46(51)52)41(71)65-36(18-10-22-60-47(53)54)42(72)66-37(19-11-23-61-48(55)56)43(73)67-38(20-12-24-62-49(57)58)44(74)68-39(26-31-13-5-3-6-14-31)45(75)63-33(27-69)29-76-28-32-15-7-4-8-16-32/h3-8,13-16,30,33-39,69H,9-12,17-29,50H2,1-2H3,(H,63,75)(H,64,70)(H,65,71)(H,66,72)(H,67,73)(H,68,74)(H4,51,52,59)(H4,53,54,60)(H4,55,56,61)(H4,57,58,62)/t33-,34+,35+,36+,37+,38+,39+/m1/s1. The summed E-state index contributed by atoms with van der Waals surface area (Å²) in [6.45, 7) is 3.79. The van der Waals surface area contributed by atoms with E-state index >= 15 is 0 Å². The first-order valence-electron chi connectivity index (χ1n) is 25.2. The van der Waals surface area contributed by atoms with E-state index in [1.165, 1.54) is 0 Å². The Hall–Kier alpha value is -7.78. The lowest BCUT2D eigenvalue weighted by Crippen LogP contribution is -2.60. The Labute approximate surface area is 444 Å². The van der Waals surface area contributed by atoms with Gasteiger partial charge in [0.1, 0.15) is 30.2 Å². The van der Waals surface area contributed by atoms with Crippen molar-refractivity contribution < 1.29 is 38.6 Å². The number of amides is 6. The van der Waals surface area contributed by atoms with Crippen LogP contribution in [0.5, 0.6) is 0 Å². The third kappa shape index (κ3) is 28.0. The maximum absolute atomic E-state index is 14.5. The smallest absolute Gasteiger partial charge is 0.243 e. The molecule has 27 heteroatoms. The van der Waals surface area contributed by atoms with Crippen LogP contribution >= 0.6 is 0 Å². The quantitative estimate of drug-likeness (QED) is 0.0174. The van der Waals surface area contributed by atoms with Gasteiger partial charge in [0.15, 0.2) is 23.8 Å². The number of carbonyl (C=O) groups excluding carboxylic acids is 6. The predicted molar refractivity (Wildman–Crippen MR) is 292 cm³/mol. The second-order valence-corrected chi connectivity index (χ2v) is 18.4. The summed E-state index contributed by atoms with van der Waals surface area (Å²) < 4.78 is 5.78. The van der Waals surface area contributed by atoms with Crippen molar-refractivity contribution in [1.29, 1.82) is 0 Å². The SMILES string of the molecule is CC(C)C[C@H](N)C(=O)N[C@@H](CCCN=C(N)N)C(=O)N[C@@H](CCCN=C(N)N)C(=O)N[C@@H](CCCN=C(N)N)C(=O)N[C@@H](CCCN=C(N)N)C(=O)N[C@@H](Cc1ccccc1)C(=O)N[C@H](CO)COCc1ccccc1. The summed E-state index contributed by atoms with van der Waals surface area (Å²) in [5, 5.41) is 26.6. The summed E-state index contributed by atoms with van der Waals surface area (Å²) in [5.74, 6) is -5.11. The van der Waals surface area contributed by atoms with Gasteiger partial charge in [-0.3, -0.25) is 48.7 Å². The van der Waals surface area contributed by atoms with E-state index in [1.54, 1.807) is 30.3 Å². The highest BCUT2D eigenvalue weighted by Crippen LogP contribution is 2.11. The Kier molecular flexibility index (Phi) is 30.7. The maximum atomic E-state index is 14.5. The molecule has 0 fully saturated rings. The summed E-state index contributed by atoms with van der Waals surface area (Å²) in [5.41, 5.74) is 52.1. The first-order valence-corrected chi connectivity index (χ1v) is 25.2. The molecule has 7 atom stereocenters. The number of aliphatic hydroxyl groups excluding tert-OH is 1. The van der Waals surface area contributed by atoms with Crippen LogP contribution in [0.4, 0.5) is 0 Å². The lowest BCUT2D eigenvalue weighted by atomic mass is 10.0. The molecule has 0 saturated heterocycles. The van der Waals surface area contributed by atoms with Crippen molar-refractivity contribution in [2.24, 2.45) is 77.5 Å². The fourth-order valence-corrected chi connectivity index (χ4v) is 7.47. The van der Waals surface area contributed by atoms with Crippen LogP contribution < -0.4 is 83.5 Å². The fourth-order valence-electron chi connectivity index (χ4n) is 7.47. The molecule has 0 aliphatic heterocycles. The van der Waals surface area contributed by atoms with Gasteiger partial charge in [0.2, 0.25) is 35.4 Å². The van der Waals surface area contributed by atoms with Gasteiger partial charge in [-0.2, -0.15) is 0 Å². The third-order valence-corrected chi connectivity index (χ3v) is 11.3. The molecule has 0 heterocycles. The number of carbonyl (C=O) groups is 6. The molecule has 0 saturated carbocycles. The number of hydrogen-bond acceptors (Lipinski definition) is 13. The molecule has 2 aromatic carbocycles. The zero-order chi connectivity index (χ0) is 56.4. The van der Waals surface area contributed by atoms with Crippen molar-refractivity contribution in [1.82, 2.24) is 31.9 Å². The minimum Gasteiger partial charge on any atom is -0.394 e. The van der Waals surface area contributed by atoms with Gasteiger partial charge in [0.25, 0.3) is 0 Å². The van der Waals surface area contributed by atoms with Gasteiger partial charge in [0.05, 0.1) is 31.9 Å². The largest absolute Gasteiger partial charge is 0.394 e. The van der Waals surface area contributed by atoms with E-state index in [-0.39, 0.29) is 127 Å². The molecule has 422 valence electrons. The van der Waals surface area contributed by atoms with E-state index in [0.717, 1.165) is 5.56 Å². The summed E-state index contributed by atoms with van der Waals surface area (Å²) >= 11 is 0. The zero-order valence-corrected chi connectivity index (χ0v) is 43.7. The number of nitrogens with one attached hydrogen (secondary N) is 6. The highest BCUT2D eigenvalue weighted by molar-refractivity contribution is 5.97. The zero-order valence-electron chi connectivity index (χ0n) is 43.7. The number of guanidine groups is 4. The Morgan fingerprint density at radius 3 is 1.16 bits per heavy atom. The van der Waals surface area contributed by atoms with Crippen molar-refractivity contribution >= 4 is 59.3 Å². The van der Waals surface area contributed by atoms with Crippen LogP contribution in [0.2, 0.25) is 0 Å². The Morgan fingerprint density at radius 2 is 0.816 bits per heavy atom. The average molecular weight is 1070 g/mol. The second-order valence-electron chi connectivity index (χ2n) is 18.4. The van der Waals surface area contributed by atoms with Crippen LogP contribution in [0, 0.1) is 5.92 Å². The summed E-state index contributed by atoms with van der Waals surface area (Å²) in [4.78, 5) is 101. The molecule has 25 N–H and O–H groups in total. The summed E-state index contributed by atoms with van der Waals surface area (Å²) in [7, 11) is 0.